The molecule has 6 heteroatoms. The predicted molar refractivity (Wildman–Crippen MR) is 111 cm³/mol. The van der Waals surface area contributed by atoms with Gasteiger partial charge in [-0.1, -0.05) is 54.2 Å². The Morgan fingerprint density at radius 3 is 2.88 bits per heavy atom. The van der Waals surface area contributed by atoms with Gasteiger partial charge in [0.25, 0.3) is 0 Å². The molecule has 0 fully saturated rings. The summed E-state index contributed by atoms with van der Waals surface area (Å²) in [5.41, 5.74) is 8.58. The van der Waals surface area contributed by atoms with Gasteiger partial charge in [0, 0.05) is 17.1 Å². The van der Waals surface area contributed by atoms with Crippen molar-refractivity contribution in [1.82, 2.24) is 9.97 Å². The van der Waals surface area contributed by atoms with Crippen molar-refractivity contribution in [3.8, 4) is 0 Å². The van der Waals surface area contributed by atoms with Crippen LogP contribution in [0, 0.1) is 0 Å². The van der Waals surface area contributed by atoms with E-state index >= 15 is 0 Å². The highest BCUT2D eigenvalue weighted by Gasteiger charge is 2.30. The van der Waals surface area contributed by atoms with E-state index < -0.39 is 0 Å². The summed E-state index contributed by atoms with van der Waals surface area (Å²) in [6.45, 7) is 4.85. The van der Waals surface area contributed by atoms with Gasteiger partial charge in [0.05, 0.1) is 17.6 Å². The number of nitrogens with two attached hydrogens (primary N) is 1. The van der Waals surface area contributed by atoms with E-state index in [9.17, 15) is 0 Å². The molecule has 1 aliphatic heterocycles. The minimum absolute atomic E-state index is 0.164. The molecule has 26 heavy (non-hydrogen) atoms. The molecule has 4 rings (SSSR count). The van der Waals surface area contributed by atoms with Crippen molar-refractivity contribution in [3.05, 3.63) is 52.4 Å². The van der Waals surface area contributed by atoms with E-state index in [2.05, 4.69) is 43.1 Å². The second kappa shape index (κ2) is 7.02. The highest BCUT2D eigenvalue weighted by atomic mass is 32.2. The molecule has 0 spiro atoms. The molecule has 0 aliphatic carbocycles. The van der Waals surface area contributed by atoms with E-state index in [0.29, 0.717) is 12.4 Å². The number of fused-ring (bicyclic) bond motifs is 3. The Hall–Kier alpha value is -1.89. The monoisotopic (exact) mass is 383 g/mol. The van der Waals surface area contributed by atoms with E-state index in [1.54, 1.807) is 23.1 Å². The second-order valence-electron chi connectivity index (χ2n) is 6.92. The zero-order valence-corrected chi connectivity index (χ0v) is 16.5. The fourth-order valence-corrected chi connectivity index (χ4v) is 4.92. The van der Waals surface area contributed by atoms with Crippen molar-refractivity contribution in [3.63, 3.8) is 0 Å². The van der Waals surface area contributed by atoms with Gasteiger partial charge in [0.15, 0.2) is 5.16 Å². The van der Waals surface area contributed by atoms with Crippen molar-refractivity contribution in [1.29, 1.82) is 0 Å². The summed E-state index contributed by atoms with van der Waals surface area (Å²) in [7, 11) is 0. The number of nitrogens with zero attached hydrogens (tertiary/aromatic N) is 2. The van der Waals surface area contributed by atoms with Crippen LogP contribution in [0.4, 0.5) is 5.82 Å². The predicted octanol–water partition coefficient (Wildman–Crippen LogP) is 4.93. The van der Waals surface area contributed by atoms with Crippen LogP contribution in [0.15, 0.2) is 41.6 Å². The molecule has 1 aromatic carbocycles. The SMILES string of the molecule is CC1(C)Cc2c(sc3nc(SC/C=C\c4ccccc4)nc(N)c23)CO1. The Morgan fingerprint density at radius 2 is 2.08 bits per heavy atom. The van der Waals surface area contributed by atoms with Crippen LogP contribution >= 0.6 is 23.1 Å². The number of rotatable bonds is 4. The smallest absolute Gasteiger partial charge is 0.191 e. The van der Waals surface area contributed by atoms with Gasteiger partial charge < -0.3 is 10.5 Å². The number of hydrogen-bond acceptors (Lipinski definition) is 6. The van der Waals surface area contributed by atoms with Crippen molar-refractivity contribution in [2.45, 2.75) is 37.6 Å². The molecule has 4 nitrogen and oxygen atoms in total. The molecule has 3 heterocycles. The van der Waals surface area contributed by atoms with Gasteiger partial charge in [-0.25, -0.2) is 9.97 Å². The van der Waals surface area contributed by atoms with Crippen LogP contribution < -0.4 is 5.73 Å². The first-order valence-corrected chi connectivity index (χ1v) is 10.4. The molecule has 134 valence electrons. The Bertz CT molecular complexity index is 964. The first-order chi connectivity index (χ1) is 12.5. The summed E-state index contributed by atoms with van der Waals surface area (Å²) < 4.78 is 5.92. The van der Waals surface area contributed by atoms with Gasteiger partial charge in [-0.2, -0.15) is 0 Å². The number of nitrogen functional groups attached to an aromatic ring is 1. The lowest BCUT2D eigenvalue weighted by molar-refractivity contribution is -0.0379. The zero-order valence-electron chi connectivity index (χ0n) is 14.9. The Balaban J connectivity index is 1.54. The van der Waals surface area contributed by atoms with Gasteiger partial charge >= 0.3 is 0 Å². The first-order valence-electron chi connectivity index (χ1n) is 8.58. The zero-order chi connectivity index (χ0) is 18.1. The summed E-state index contributed by atoms with van der Waals surface area (Å²) in [5, 5.41) is 1.75. The van der Waals surface area contributed by atoms with Crippen molar-refractivity contribution in [2.24, 2.45) is 0 Å². The minimum Gasteiger partial charge on any atom is -0.383 e. The lowest BCUT2D eigenvalue weighted by Crippen LogP contribution is -2.31. The summed E-state index contributed by atoms with van der Waals surface area (Å²) in [4.78, 5) is 11.5. The molecule has 3 aromatic rings. The standard InChI is InChI=1S/C20H21N3OS2/c1-20(2)11-14-15(12-24-20)26-18-16(14)17(21)22-19(23-18)25-10-6-9-13-7-4-3-5-8-13/h3-9H,10-12H2,1-2H3,(H2,21,22,23)/b9-6-. The number of hydrogen-bond donors (Lipinski definition) is 1. The normalized spacial score (nSPS) is 16.2. The second-order valence-corrected chi connectivity index (χ2v) is 9.00. The number of benzene rings is 1. The molecule has 1 aliphatic rings. The van der Waals surface area contributed by atoms with E-state index in [-0.39, 0.29) is 5.60 Å². The number of ether oxygens (including phenoxy) is 1. The average molecular weight is 384 g/mol. The molecule has 0 saturated carbocycles. The molecular formula is C20H21N3OS2. The Morgan fingerprint density at radius 1 is 1.27 bits per heavy atom. The highest BCUT2D eigenvalue weighted by Crippen LogP contribution is 2.40. The van der Waals surface area contributed by atoms with Crippen molar-refractivity contribution in [2.75, 3.05) is 11.5 Å². The van der Waals surface area contributed by atoms with E-state index in [0.717, 1.165) is 27.5 Å². The molecule has 0 saturated heterocycles. The highest BCUT2D eigenvalue weighted by molar-refractivity contribution is 7.99. The Labute approximate surface area is 161 Å². The third-order valence-corrected chi connectivity index (χ3v) is 6.26. The summed E-state index contributed by atoms with van der Waals surface area (Å²) >= 11 is 3.28. The average Bonchev–Trinajstić information content (AvgIpc) is 2.96. The number of aromatic nitrogens is 2. The van der Waals surface area contributed by atoms with E-state index in [1.165, 1.54) is 16.0 Å². The first kappa shape index (κ1) is 17.5. The van der Waals surface area contributed by atoms with Crippen LogP contribution in [0.3, 0.4) is 0 Å². The van der Waals surface area contributed by atoms with E-state index in [1.807, 2.05) is 18.2 Å². The third kappa shape index (κ3) is 3.63. The van der Waals surface area contributed by atoms with Crippen LogP contribution in [-0.2, 0) is 17.8 Å². The summed E-state index contributed by atoms with van der Waals surface area (Å²) in [5.74, 6) is 1.39. The van der Waals surface area contributed by atoms with Crippen molar-refractivity contribution >= 4 is 45.2 Å². The van der Waals surface area contributed by atoms with Gasteiger partial charge in [-0.3, -0.25) is 0 Å². The van der Waals surface area contributed by atoms with Gasteiger partial charge in [0.2, 0.25) is 0 Å². The maximum atomic E-state index is 6.29. The van der Waals surface area contributed by atoms with Gasteiger partial charge in [-0.15, -0.1) is 11.3 Å². The van der Waals surface area contributed by atoms with Crippen molar-refractivity contribution < 1.29 is 4.74 Å². The maximum absolute atomic E-state index is 6.29. The van der Waals surface area contributed by atoms with Gasteiger partial charge in [0.1, 0.15) is 10.6 Å². The fourth-order valence-electron chi connectivity index (χ4n) is 3.09. The lowest BCUT2D eigenvalue weighted by Gasteiger charge is -2.30. The molecule has 0 amide bonds. The van der Waals surface area contributed by atoms with E-state index in [4.69, 9.17) is 15.5 Å². The fraction of sp³-hybridized carbons (Fsp3) is 0.300. The van der Waals surface area contributed by atoms with Crippen LogP contribution in [0.1, 0.15) is 29.9 Å². The van der Waals surface area contributed by atoms with Crippen LogP contribution in [0.2, 0.25) is 0 Å². The minimum atomic E-state index is -0.164. The maximum Gasteiger partial charge on any atom is 0.191 e. The van der Waals surface area contributed by atoms with Crippen LogP contribution in [-0.4, -0.2) is 21.3 Å². The van der Waals surface area contributed by atoms with Crippen LogP contribution in [0.5, 0.6) is 0 Å². The Kier molecular flexibility index (Phi) is 4.73. The topological polar surface area (TPSA) is 61.0 Å². The largest absolute Gasteiger partial charge is 0.383 e. The van der Waals surface area contributed by atoms with Gasteiger partial charge in [-0.05, 0) is 25.0 Å². The molecule has 2 aromatic heterocycles. The molecule has 0 atom stereocenters. The third-order valence-electron chi connectivity index (χ3n) is 4.36. The molecule has 0 bridgehead atoms. The summed E-state index contributed by atoms with van der Waals surface area (Å²) in [6.07, 6.45) is 5.08. The number of thioether (sulfide) groups is 1. The lowest BCUT2D eigenvalue weighted by atomic mass is 9.94. The quantitative estimate of drug-likeness (QED) is 0.511. The molecule has 2 N–H and O–H groups in total. The molecule has 0 unspecified atom stereocenters. The number of thiophene rings is 1. The number of anilines is 1. The molecule has 0 radical (unpaired) electrons. The summed E-state index contributed by atoms with van der Waals surface area (Å²) in [6, 6.07) is 10.3. The van der Waals surface area contributed by atoms with Crippen LogP contribution in [0.25, 0.3) is 16.3 Å². The molecular weight excluding hydrogens is 362 g/mol.